The zero-order chi connectivity index (χ0) is 23.5. The molecule has 166 valence electrons. The number of imidazole rings is 1. The summed E-state index contributed by atoms with van der Waals surface area (Å²) in [7, 11) is 0. The zero-order valence-electron chi connectivity index (χ0n) is 18.8. The van der Waals surface area contributed by atoms with Crippen LogP contribution in [0.5, 0.6) is 0 Å². The van der Waals surface area contributed by atoms with Crippen LogP contribution in [0.4, 0.5) is 0 Å². The number of pyridine rings is 1. The van der Waals surface area contributed by atoms with Crippen LogP contribution in [0.25, 0.3) is 44.7 Å². The fourth-order valence-electron chi connectivity index (χ4n) is 3.88. The molecule has 0 atom stereocenters. The Bertz CT molecular complexity index is 1530. The molecule has 0 unspecified atom stereocenters. The van der Waals surface area contributed by atoms with Crippen molar-refractivity contribution in [2.24, 2.45) is 0 Å². The highest BCUT2D eigenvalue weighted by molar-refractivity contribution is 5.95. The second kappa shape index (κ2) is 9.03. The van der Waals surface area contributed by atoms with E-state index in [4.69, 9.17) is 0 Å². The van der Waals surface area contributed by atoms with E-state index >= 15 is 0 Å². The van der Waals surface area contributed by atoms with Crippen molar-refractivity contribution < 1.29 is 0 Å². The predicted molar refractivity (Wildman–Crippen MR) is 140 cm³/mol. The summed E-state index contributed by atoms with van der Waals surface area (Å²) < 4.78 is 0. The Morgan fingerprint density at radius 3 is 2.65 bits per heavy atom. The number of H-pyrrole nitrogens is 2. The van der Waals surface area contributed by atoms with Gasteiger partial charge in [-0.1, -0.05) is 55.6 Å². The number of fused-ring (bicyclic) bond motifs is 2. The first-order valence-corrected chi connectivity index (χ1v) is 11.0. The first kappa shape index (κ1) is 21.2. The van der Waals surface area contributed by atoms with Gasteiger partial charge in [0.05, 0.1) is 22.7 Å². The van der Waals surface area contributed by atoms with Gasteiger partial charge in [0.2, 0.25) is 0 Å². The molecular weight excluding hydrogens is 420 g/mol. The minimum Gasteiger partial charge on any atom is -0.356 e. The van der Waals surface area contributed by atoms with Gasteiger partial charge in [-0.25, -0.2) is 4.98 Å². The number of nitrogens with zero attached hydrogens (tertiary/aromatic N) is 3. The number of benzene rings is 2. The molecule has 34 heavy (non-hydrogen) atoms. The highest BCUT2D eigenvalue weighted by Crippen LogP contribution is 2.29. The van der Waals surface area contributed by atoms with Crippen LogP contribution in [0.1, 0.15) is 18.1 Å². The van der Waals surface area contributed by atoms with Crippen LogP contribution in [0, 0.1) is 0 Å². The molecule has 5 rings (SSSR count). The Kier molecular flexibility index (Phi) is 5.62. The van der Waals surface area contributed by atoms with Gasteiger partial charge in [0.25, 0.3) is 0 Å². The summed E-state index contributed by atoms with van der Waals surface area (Å²) in [5, 5.41) is 12.0. The number of aromatic nitrogens is 5. The van der Waals surface area contributed by atoms with E-state index in [1.54, 1.807) is 18.5 Å². The standard InChI is InChI=1S/C28H24N6/c1-4-19(15-22(5-2)30-18(3)20-9-7-6-8-10-20)21-11-12-24-23(16-21)27(34-33-24)28-31-25-13-14-29-17-26(25)32-28/h4-17,30H,2-3H2,1H3,(H,31,32)(H,33,34)/b19-4+,22-15+. The summed E-state index contributed by atoms with van der Waals surface area (Å²) in [4.78, 5) is 12.2. The van der Waals surface area contributed by atoms with Crippen LogP contribution in [0.2, 0.25) is 0 Å². The van der Waals surface area contributed by atoms with E-state index in [9.17, 15) is 0 Å². The predicted octanol–water partition coefficient (Wildman–Crippen LogP) is 6.23. The van der Waals surface area contributed by atoms with Crippen molar-refractivity contribution in [2.45, 2.75) is 6.92 Å². The highest BCUT2D eigenvalue weighted by atomic mass is 15.1. The van der Waals surface area contributed by atoms with Crippen LogP contribution in [0.15, 0.2) is 104 Å². The molecule has 0 amide bonds. The first-order chi connectivity index (χ1) is 16.7. The van der Waals surface area contributed by atoms with Gasteiger partial charge in [0.1, 0.15) is 5.69 Å². The SMILES string of the molecule is C=C/C(=C\C(=C/C)c1ccc2[nH]nc(-c3nc4ccncc4[nH]3)c2c1)NC(=C)c1ccccc1. The van der Waals surface area contributed by atoms with E-state index < -0.39 is 0 Å². The third-order valence-corrected chi connectivity index (χ3v) is 5.66. The fourth-order valence-corrected chi connectivity index (χ4v) is 3.88. The molecule has 0 aliphatic heterocycles. The second-order valence-corrected chi connectivity index (χ2v) is 7.83. The van der Waals surface area contributed by atoms with Crippen LogP contribution >= 0.6 is 0 Å². The largest absolute Gasteiger partial charge is 0.356 e. The molecule has 3 aromatic heterocycles. The molecule has 6 nitrogen and oxygen atoms in total. The van der Waals surface area contributed by atoms with Gasteiger partial charge in [0.15, 0.2) is 5.82 Å². The molecule has 3 N–H and O–H groups in total. The number of nitrogens with one attached hydrogen (secondary N) is 3. The van der Waals surface area contributed by atoms with Crippen molar-refractivity contribution in [3.8, 4) is 11.5 Å². The maximum Gasteiger partial charge on any atom is 0.159 e. The third kappa shape index (κ3) is 4.04. The summed E-state index contributed by atoms with van der Waals surface area (Å²) in [5.41, 5.74) is 8.25. The van der Waals surface area contributed by atoms with Crippen LogP contribution in [-0.4, -0.2) is 25.1 Å². The lowest BCUT2D eigenvalue weighted by Crippen LogP contribution is -2.09. The lowest BCUT2D eigenvalue weighted by atomic mass is 10.0. The summed E-state index contributed by atoms with van der Waals surface area (Å²) >= 11 is 0. The molecule has 3 heterocycles. The number of hydrogen-bond acceptors (Lipinski definition) is 4. The third-order valence-electron chi connectivity index (χ3n) is 5.66. The maximum absolute atomic E-state index is 4.69. The zero-order valence-corrected chi connectivity index (χ0v) is 18.8. The van der Waals surface area contributed by atoms with Gasteiger partial charge in [-0.3, -0.25) is 10.1 Å². The lowest BCUT2D eigenvalue weighted by Gasteiger charge is -2.12. The average Bonchev–Trinajstić information content (AvgIpc) is 3.50. The topological polar surface area (TPSA) is 82.3 Å². The van der Waals surface area contributed by atoms with Crippen molar-refractivity contribution in [2.75, 3.05) is 0 Å². The normalized spacial score (nSPS) is 12.3. The highest BCUT2D eigenvalue weighted by Gasteiger charge is 2.14. The maximum atomic E-state index is 4.69. The Balaban J connectivity index is 1.49. The summed E-state index contributed by atoms with van der Waals surface area (Å²) in [5.74, 6) is 0.705. The van der Waals surface area contributed by atoms with Crippen LogP contribution in [0.3, 0.4) is 0 Å². The molecule has 2 aromatic carbocycles. The molecule has 5 aromatic rings. The number of rotatable bonds is 7. The monoisotopic (exact) mass is 444 g/mol. The minimum absolute atomic E-state index is 0.705. The second-order valence-electron chi connectivity index (χ2n) is 7.83. The van der Waals surface area contributed by atoms with Gasteiger partial charge < -0.3 is 10.3 Å². The molecule has 0 saturated carbocycles. The Morgan fingerprint density at radius 1 is 1.03 bits per heavy atom. The molecule has 6 heteroatoms. The van der Waals surface area contributed by atoms with Crippen molar-refractivity contribution >= 4 is 33.2 Å². The van der Waals surface area contributed by atoms with E-state index in [0.717, 1.165) is 55.7 Å². The molecule has 0 saturated heterocycles. The van der Waals surface area contributed by atoms with E-state index in [0.29, 0.717) is 5.82 Å². The molecule has 0 bridgehead atoms. The lowest BCUT2D eigenvalue weighted by molar-refractivity contribution is 1.11. The van der Waals surface area contributed by atoms with Crippen LogP contribution in [-0.2, 0) is 0 Å². The molecule has 0 aliphatic rings. The molecular formula is C28H24N6. The Morgan fingerprint density at radius 2 is 1.88 bits per heavy atom. The van der Waals surface area contributed by atoms with Gasteiger partial charge in [-0.15, -0.1) is 0 Å². The number of allylic oxidation sites excluding steroid dienone is 4. The van der Waals surface area contributed by atoms with Gasteiger partial charge >= 0.3 is 0 Å². The average molecular weight is 445 g/mol. The fraction of sp³-hybridized carbons (Fsp3) is 0.0357. The van der Waals surface area contributed by atoms with Crippen molar-refractivity contribution in [3.05, 3.63) is 115 Å². The van der Waals surface area contributed by atoms with E-state index in [1.165, 1.54) is 0 Å². The van der Waals surface area contributed by atoms with Gasteiger partial charge in [-0.2, -0.15) is 5.10 Å². The van der Waals surface area contributed by atoms with Crippen molar-refractivity contribution in [1.82, 2.24) is 30.5 Å². The summed E-state index contributed by atoms with van der Waals surface area (Å²) in [6, 6.07) is 18.1. The molecule has 0 fully saturated rings. The number of aromatic amines is 2. The quantitative estimate of drug-likeness (QED) is 0.260. The Hall–Kier alpha value is -4.71. The van der Waals surface area contributed by atoms with E-state index in [-0.39, 0.29) is 0 Å². The smallest absolute Gasteiger partial charge is 0.159 e. The Labute approximate surface area is 197 Å². The van der Waals surface area contributed by atoms with Gasteiger partial charge in [-0.05, 0) is 54.0 Å². The summed E-state index contributed by atoms with van der Waals surface area (Å²) in [6.45, 7) is 10.2. The van der Waals surface area contributed by atoms with E-state index in [2.05, 4.69) is 67.9 Å². The molecule has 0 radical (unpaired) electrons. The summed E-state index contributed by atoms with van der Waals surface area (Å²) in [6.07, 6.45) is 9.43. The minimum atomic E-state index is 0.705. The molecule has 0 aliphatic carbocycles. The van der Waals surface area contributed by atoms with E-state index in [1.807, 2.05) is 49.4 Å². The first-order valence-electron chi connectivity index (χ1n) is 11.0. The number of hydrogen-bond donors (Lipinski definition) is 3. The van der Waals surface area contributed by atoms with Crippen molar-refractivity contribution in [3.63, 3.8) is 0 Å². The van der Waals surface area contributed by atoms with Crippen LogP contribution < -0.4 is 5.32 Å². The molecule has 0 spiro atoms. The van der Waals surface area contributed by atoms with Gasteiger partial charge in [0, 0.05) is 23.0 Å². The van der Waals surface area contributed by atoms with Crippen molar-refractivity contribution in [1.29, 1.82) is 0 Å².